The van der Waals surface area contributed by atoms with Gasteiger partial charge in [0.05, 0.1) is 25.7 Å². The second-order valence-corrected chi connectivity index (χ2v) is 12.1. The van der Waals surface area contributed by atoms with E-state index >= 15 is 0 Å². The molecule has 4 rings (SSSR count). The van der Waals surface area contributed by atoms with Crippen molar-refractivity contribution in [3.8, 4) is 0 Å². The third-order valence-corrected chi connectivity index (χ3v) is 7.60. The average Bonchev–Trinajstić information content (AvgIpc) is 3.42. The van der Waals surface area contributed by atoms with E-state index in [4.69, 9.17) is 23.7 Å². The topological polar surface area (TPSA) is 121 Å². The number of amides is 2. The molecule has 2 amide bonds. The van der Waals surface area contributed by atoms with Gasteiger partial charge in [-0.05, 0) is 56.5 Å². The largest absolute Gasteiger partial charge is 0.466 e. The summed E-state index contributed by atoms with van der Waals surface area (Å²) in [6, 6.07) is 14.7. The van der Waals surface area contributed by atoms with Gasteiger partial charge < -0.3 is 34.3 Å². The Kier molecular flexibility index (Phi) is 10.8. The van der Waals surface area contributed by atoms with Crippen molar-refractivity contribution in [3.63, 3.8) is 0 Å². The Morgan fingerprint density at radius 3 is 2.33 bits per heavy atom. The first-order valence-electron chi connectivity index (χ1n) is 14.2. The van der Waals surface area contributed by atoms with Gasteiger partial charge in [-0.25, -0.2) is 0 Å². The van der Waals surface area contributed by atoms with E-state index in [0.29, 0.717) is 5.56 Å². The van der Waals surface area contributed by atoms with Gasteiger partial charge in [0.15, 0.2) is 12.1 Å². The lowest BCUT2D eigenvalue weighted by molar-refractivity contribution is -0.223. The predicted octanol–water partition coefficient (Wildman–Crippen LogP) is 4.10. The van der Waals surface area contributed by atoms with E-state index in [-0.39, 0.29) is 25.6 Å². The molecule has 2 aliphatic heterocycles. The molecule has 42 heavy (non-hydrogen) atoms. The summed E-state index contributed by atoms with van der Waals surface area (Å²) >= 11 is 3.36. The first-order valence-corrected chi connectivity index (χ1v) is 15.0. The van der Waals surface area contributed by atoms with Crippen molar-refractivity contribution in [2.45, 2.75) is 90.1 Å². The molecule has 0 spiro atoms. The van der Waals surface area contributed by atoms with Crippen LogP contribution >= 0.6 is 15.9 Å². The van der Waals surface area contributed by atoms with E-state index in [1.807, 2.05) is 44.2 Å². The van der Waals surface area contributed by atoms with Crippen LogP contribution in [-0.2, 0) is 39.9 Å². The minimum atomic E-state index is -0.894. The monoisotopic (exact) mass is 646 g/mol. The molecule has 0 unspecified atom stereocenters. The first kappa shape index (κ1) is 32.1. The van der Waals surface area contributed by atoms with Crippen LogP contribution in [-0.4, -0.2) is 66.9 Å². The number of carbonyl (C=O) groups excluding carboxylic acids is 3. The van der Waals surface area contributed by atoms with Crippen LogP contribution < -0.4 is 10.6 Å². The smallest absolute Gasteiger partial charge is 0.307 e. The number of esters is 1. The SMILES string of the molecule is CCOC(=O)C[C@@H](NC(=O)[C@@H](NC(=O)c1ccc(Br)cc1)C(C)C)[C@H]1O[C@@H]2OC(C)(C)O[C@@H]2[C@H]1OCc1ccccc1. The molecule has 0 aromatic heterocycles. The minimum absolute atomic E-state index is 0.177. The Balaban J connectivity index is 1.56. The number of ether oxygens (including phenoxy) is 5. The summed E-state index contributed by atoms with van der Waals surface area (Å²) in [5.41, 5.74) is 1.36. The zero-order valence-electron chi connectivity index (χ0n) is 24.5. The lowest BCUT2D eigenvalue weighted by Gasteiger charge is -2.32. The van der Waals surface area contributed by atoms with Crippen molar-refractivity contribution in [2.24, 2.45) is 5.92 Å². The Morgan fingerprint density at radius 1 is 1.00 bits per heavy atom. The van der Waals surface area contributed by atoms with Crippen LogP contribution in [0.5, 0.6) is 0 Å². The molecule has 0 bridgehead atoms. The zero-order chi connectivity index (χ0) is 30.4. The number of carbonyl (C=O) groups is 3. The highest BCUT2D eigenvalue weighted by atomic mass is 79.9. The second kappa shape index (κ2) is 14.1. The molecule has 2 aromatic rings. The molecule has 11 heteroatoms. The summed E-state index contributed by atoms with van der Waals surface area (Å²) in [4.78, 5) is 39.4. The Labute approximate surface area is 254 Å². The van der Waals surface area contributed by atoms with Gasteiger partial charge in [-0.3, -0.25) is 14.4 Å². The first-order chi connectivity index (χ1) is 20.0. The second-order valence-electron chi connectivity index (χ2n) is 11.2. The van der Waals surface area contributed by atoms with E-state index < -0.39 is 60.3 Å². The molecular weight excluding hydrogens is 608 g/mol. The number of benzene rings is 2. The number of hydrogen-bond acceptors (Lipinski definition) is 8. The van der Waals surface area contributed by atoms with Crippen LogP contribution in [0.2, 0.25) is 0 Å². The standard InChI is InChI=1S/C31H39BrN2O8/c1-6-38-23(35)16-22(33-29(37)24(18(2)3)34-28(36)20-12-14-21(32)15-13-20)25-26(39-17-19-10-8-7-9-11-19)27-30(40-25)42-31(4,5)41-27/h7-15,18,22,24-27,30H,6,16-17H2,1-5H3,(H,33,37)(H,34,36)/t22-,24+,25-,26+,27-,30-/m1/s1. The molecule has 0 radical (unpaired) electrons. The highest BCUT2D eigenvalue weighted by molar-refractivity contribution is 9.10. The summed E-state index contributed by atoms with van der Waals surface area (Å²) in [6.45, 7) is 9.40. The fourth-order valence-corrected chi connectivity index (χ4v) is 5.33. The van der Waals surface area contributed by atoms with Crippen molar-refractivity contribution in [2.75, 3.05) is 6.61 Å². The predicted molar refractivity (Wildman–Crippen MR) is 157 cm³/mol. The summed E-state index contributed by atoms with van der Waals surface area (Å²) < 4.78 is 30.8. The lowest BCUT2D eigenvalue weighted by atomic mass is 9.97. The summed E-state index contributed by atoms with van der Waals surface area (Å²) in [6.07, 6.45) is -3.00. The van der Waals surface area contributed by atoms with Crippen LogP contribution in [0, 0.1) is 5.92 Å². The lowest BCUT2D eigenvalue weighted by Crippen LogP contribution is -2.57. The van der Waals surface area contributed by atoms with Crippen LogP contribution in [0.25, 0.3) is 0 Å². The van der Waals surface area contributed by atoms with Gasteiger partial charge in [-0.15, -0.1) is 0 Å². The third-order valence-electron chi connectivity index (χ3n) is 7.07. The molecule has 10 nitrogen and oxygen atoms in total. The van der Waals surface area contributed by atoms with Crippen molar-refractivity contribution >= 4 is 33.7 Å². The maximum atomic E-state index is 13.7. The molecule has 2 heterocycles. The number of halogens is 1. The molecule has 228 valence electrons. The zero-order valence-corrected chi connectivity index (χ0v) is 26.1. The highest BCUT2D eigenvalue weighted by Gasteiger charge is 2.57. The summed E-state index contributed by atoms with van der Waals surface area (Å²) in [5, 5.41) is 5.79. The van der Waals surface area contributed by atoms with E-state index in [0.717, 1.165) is 10.0 Å². The van der Waals surface area contributed by atoms with Crippen molar-refractivity contribution in [1.29, 1.82) is 0 Å². The molecule has 2 saturated heterocycles. The molecule has 2 aliphatic rings. The van der Waals surface area contributed by atoms with Crippen LogP contribution in [0.1, 0.15) is 57.0 Å². The average molecular weight is 648 g/mol. The molecule has 0 saturated carbocycles. The van der Waals surface area contributed by atoms with E-state index in [1.165, 1.54) is 0 Å². The van der Waals surface area contributed by atoms with Gasteiger partial charge in [-0.1, -0.05) is 60.1 Å². The van der Waals surface area contributed by atoms with Gasteiger partial charge in [0.1, 0.15) is 24.4 Å². The molecule has 6 atom stereocenters. The number of fused-ring (bicyclic) bond motifs is 1. The minimum Gasteiger partial charge on any atom is -0.466 e. The van der Waals surface area contributed by atoms with Gasteiger partial charge >= 0.3 is 5.97 Å². The molecule has 2 aromatic carbocycles. The van der Waals surface area contributed by atoms with Crippen LogP contribution in [0.15, 0.2) is 59.1 Å². The third kappa shape index (κ3) is 8.17. The van der Waals surface area contributed by atoms with Crippen molar-refractivity contribution in [1.82, 2.24) is 10.6 Å². The van der Waals surface area contributed by atoms with Crippen molar-refractivity contribution < 1.29 is 38.1 Å². The Hall–Kier alpha value is -2.83. The quantitative estimate of drug-likeness (QED) is 0.331. The fraction of sp³-hybridized carbons (Fsp3) is 0.516. The maximum Gasteiger partial charge on any atom is 0.307 e. The molecular formula is C31H39BrN2O8. The number of nitrogens with one attached hydrogen (secondary N) is 2. The number of rotatable bonds is 12. The number of hydrogen-bond donors (Lipinski definition) is 2. The fourth-order valence-electron chi connectivity index (χ4n) is 5.07. The van der Waals surface area contributed by atoms with Gasteiger partial charge in [-0.2, -0.15) is 0 Å². The maximum absolute atomic E-state index is 13.7. The van der Waals surface area contributed by atoms with E-state index in [9.17, 15) is 14.4 Å². The molecule has 0 aliphatic carbocycles. The van der Waals surface area contributed by atoms with Crippen molar-refractivity contribution in [3.05, 3.63) is 70.2 Å². The van der Waals surface area contributed by atoms with E-state index in [2.05, 4.69) is 26.6 Å². The van der Waals surface area contributed by atoms with Gasteiger partial charge in [0, 0.05) is 10.0 Å². The summed E-state index contributed by atoms with van der Waals surface area (Å²) in [7, 11) is 0. The van der Waals surface area contributed by atoms with Crippen LogP contribution in [0.4, 0.5) is 0 Å². The molecule has 2 N–H and O–H groups in total. The molecule has 2 fully saturated rings. The van der Waals surface area contributed by atoms with Gasteiger partial charge in [0.2, 0.25) is 5.91 Å². The Bertz CT molecular complexity index is 1220. The van der Waals surface area contributed by atoms with Gasteiger partial charge in [0.25, 0.3) is 5.91 Å². The van der Waals surface area contributed by atoms with Crippen LogP contribution in [0.3, 0.4) is 0 Å². The normalized spacial score (nSPS) is 24.1. The Morgan fingerprint density at radius 2 is 1.69 bits per heavy atom. The summed E-state index contributed by atoms with van der Waals surface area (Å²) in [5.74, 6) is -2.51. The highest BCUT2D eigenvalue weighted by Crippen LogP contribution is 2.40. The van der Waals surface area contributed by atoms with E-state index in [1.54, 1.807) is 45.0 Å².